The topological polar surface area (TPSA) is 460 Å². The lowest BCUT2D eigenvalue weighted by Crippen LogP contribution is -2.60. The highest BCUT2D eigenvalue weighted by molar-refractivity contribution is 5.97. The van der Waals surface area contributed by atoms with Crippen LogP contribution in [0.5, 0.6) is 0 Å². The van der Waals surface area contributed by atoms with Crippen molar-refractivity contribution in [2.24, 2.45) is 39.8 Å². The van der Waals surface area contributed by atoms with Crippen LogP contribution in [0.1, 0.15) is 143 Å². The van der Waals surface area contributed by atoms with Gasteiger partial charge in [0.05, 0.1) is 19.4 Å². The van der Waals surface area contributed by atoms with Crippen molar-refractivity contribution in [3.05, 3.63) is 42.2 Å². The summed E-state index contributed by atoms with van der Waals surface area (Å²) in [6.07, 6.45) is 2.92. The molecule has 3 rings (SSSR count). The molecule has 0 aliphatic heterocycles. The Hall–Kier alpha value is -8.70. The van der Waals surface area contributed by atoms with Crippen molar-refractivity contribution in [1.29, 1.82) is 0 Å². The number of aromatic nitrogens is 4. The lowest BCUT2D eigenvalue weighted by Gasteiger charge is -2.30. The first-order valence-corrected chi connectivity index (χ1v) is 30.2. The molecular formula is C58H95N19O11. The Morgan fingerprint density at radius 1 is 0.614 bits per heavy atom. The predicted molar refractivity (Wildman–Crippen MR) is 332 cm³/mol. The second-order valence-electron chi connectivity index (χ2n) is 21.7. The molecule has 0 spiro atoms. The summed E-state index contributed by atoms with van der Waals surface area (Å²) in [6.45, 7) is 12.5. The number of unbranched alkanes of at least 4 members (excludes halogenated alkanes) is 1. The number of likely N-dealkylation sites (N-methyl/N-ethyl adjacent to an activating group) is 1. The zero-order chi connectivity index (χ0) is 65.1. The van der Waals surface area contributed by atoms with E-state index in [-0.39, 0.29) is 102 Å². The molecule has 0 bridgehead atoms. The molecule has 0 radical (unpaired) electrons. The number of carbonyl (C=O) groups excluding carboxylic acids is 10. The second-order valence-corrected chi connectivity index (χ2v) is 21.7. The van der Waals surface area contributed by atoms with Gasteiger partial charge in [0.1, 0.15) is 30.2 Å². The third kappa shape index (κ3) is 26.9. The maximum atomic E-state index is 14.1. The summed E-state index contributed by atoms with van der Waals surface area (Å²) in [5.74, 6) is -6.49. The normalized spacial score (nSPS) is 13.4. The number of guanidine groups is 1. The number of imidazole rings is 1. The molecule has 88 heavy (non-hydrogen) atoms. The van der Waals surface area contributed by atoms with Gasteiger partial charge in [-0.2, -0.15) is 9.97 Å². The number of ether oxygens (including phenoxy) is 1. The highest BCUT2D eigenvalue weighted by Gasteiger charge is 2.35. The van der Waals surface area contributed by atoms with E-state index in [4.69, 9.17) is 27.7 Å². The maximum Gasteiger partial charge on any atom is 0.307 e. The van der Waals surface area contributed by atoms with Gasteiger partial charge in [-0.15, -0.1) is 0 Å². The van der Waals surface area contributed by atoms with Gasteiger partial charge in [-0.1, -0.05) is 70.9 Å². The van der Waals surface area contributed by atoms with Crippen molar-refractivity contribution in [3.8, 4) is 0 Å². The standard InChI is InChI=1S/C58H95N19O11/c1-8-36(5)47(55(86)63-7)73-53(84)40(19-13-14-27-59)72-56(87)48(37(6)9-2)74-54(85)41(21-22-42(60)78)71-52(83)39(20-15-28-66-57(61)62)70-45(81)25-30-64-43(79)23-24-44(80)65-31-26-46(82)88-32-16-29-67-58-75-50(68-33-38-17-11-10-12-18-38)49-51(76-58)77(34-69-49)35(3)4/h10-12,17-18,34-37,39-41,47-48H,8-9,13-16,19-33,59H2,1-7H3,(H2,60,78)(H,63,86)(H,64,79)(H,65,80)(H,70,81)(H,71,83)(H,72,87)(H,73,84)(H,74,85)(H4,61,62,66)(H2,67,68,75,76)/t36?,37?,39-,40-,41-,47-,48-/m0/s1. The smallest absolute Gasteiger partial charge is 0.307 e. The number of anilines is 2. The van der Waals surface area contributed by atoms with Gasteiger partial charge in [-0.25, -0.2) is 4.98 Å². The van der Waals surface area contributed by atoms with E-state index in [0.717, 1.165) is 5.56 Å². The Balaban J connectivity index is 1.52. The Kier molecular flexibility index (Phi) is 33.3. The highest BCUT2D eigenvalue weighted by atomic mass is 16.5. The van der Waals surface area contributed by atoms with Gasteiger partial charge in [0.25, 0.3) is 0 Å². The molecule has 2 heterocycles. The first kappa shape index (κ1) is 73.6. The van der Waals surface area contributed by atoms with Crippen molar-refractivity contribution < 1.29 is 52.7 Å². The van der Waals surface area contributed by atoms with E-state index < -0.39 is 95.3 Å². The number of nitrogens with zero attached hydrogens (tertiary/aromatic N) is 5. The summed E-state index contributed by atoms with van der Waals surface area (Å²) in [4.78, 5) is 150. The molecule has 0 saturated carbocycles. The lowest BCUT2D eigenvalue weighted by molar-refractivity contribution is -0.143. The first-order chi connectivity index (χ1) is 42.0. The van der Waals surface area contributed by atoms with Crippen molar-refractivity contribution in [2.75, 3.05) is 57.0 Å². The number of fused-ring (bicyclic) bond motifs is 1. The molecule has 488 valence electrons. The number of aliphatic imine (C=N–C) groups is 1. The van der Waals surface area contributed by atoms with Gasteiger partial charge in [0, 0.05) is 71.5 Å². The number of primary amides is 1. The summed E-state index contributed by atoms with van der Waals surface area (Å²) < 4.78 is 7.30. The Labute approximate surface area is 514 Å². The highest BCUT2D eigenvalue weighted by Crippen LogP contribution is 2.24. The Morgan fingerprint density at radius 2 is 1.19 bits per heavy atom. The third-order valence-electron chi connectivity index (χ3n) is 14.4. The van der Waals surface area contributed by atoms with E-state index in [9.17, 15) is 47.9 Å². The van der Waals surface area contributed by atoms with Gasteiger partial charge in [0.2, 0.25) is 59.1 Å². The minimum atomic E-state index is -1.46. The minimum Gasteiger partial charge on any atom is -0.466 e. The summed E-state index contributed by atoms with van der Waals surface area (Å²) >= 11 is 0. The molecule has 2 aromatic heterocycles. The predicted octanol–water partition coefficient (Wildman–Crippen LogP) is -0.132. The van der Waals surface area contributed by atoms with Gasteiger partial charge >= 0.3 is 5.97 Å². The number of esters is 1. The van der Waals surface area contributed by atoms with E-state index in [1.165, 1.54) is 7.05 Å². The van der Waals surface area contributed by atoms with Crippen molar-refractivity contribution in [2.45, 2.75) is 174 Å². The minimum absolute atomic E-state index is 0.0265. The molecule has 0 aliphatic rings. The molecule has 0 fully saturated rings. The monoisotopic (exact) mass is 1230 g/mol. The molecule has 1 aromatic carbocycles. The van der Waals surface area contributed by atoms with Crippen LogP contribution in [0.15, 0.2) is 41.7 Å². The second kappa shape index (κ2) is 39.9. The van der Waals surface area contributed by atoms with Crippen molar-refractivity contribution >= 4 is 88.0 Å². The quantitative estimate of drug-likeness (QED) is 0.0152. The van der Waals surface area contributed by atoms with E-state index in [1.54, 1.807) is 20.2 Å². The van der Waals surface area contributed by atoms with Crippen LogP contribution in [-0.2, 0) is 59.2 Å². The number of amides is 9. The first-order valence-electron chi connectivity index (χ1n) is 30.2. The molecule has 30 heteroatoms. The molecule has 0 saturated heterocycles. The van der Waals surface area contributed by atoms with Crippen LogP contribution in [0.3, 0.4) is 0 Å². The number of carbonyl (C=O) groups is 10. The number of hydrogen-bond donors (Lipinski definition) is 14. The summed E-state index contributed by atoms with van der Waals surface area (Å²) in [7, 11) is 1.45. The SMILES string of the molecule is CCC(C)[C@H](NC(=O)[C@H](CCCCN)NC(=O)[C@@H](NC(=O)[C@H](CCC(N)=O)NC(=O)[C@H](CCCN=C(N)N)NC(=O)CCNC(=O)CCC(=O)NCCC(=O)OCCCNc1nc(NCc2ccccc2)c2ncn(C(C)C)c2n1)C(C)CC)C(=O)NC. The molecule has 30 nitrogen and oxygen atoms in total. The maximum absolute atomic E-state index is 14.1. The molecule has 9 amide bonds. The van der Waals surface area contributed by atoms with Crippen LogP contribution in [-0.4, -0.2) is 161 Å². The van der Waals surface area contributed by atoms with Crippen LogP contribution in [0.2, 0.25) is 0 Å². The van der Waals surface area contributed by atoms with Gasteiger partial charge in [-0.3, -0.25) is 52.9 Å². The molecule has 2 unspecified atom stereocenters. The number of rotatable bonds is 43. The Morgan fingerprint density at radius 3 is 1.78 bits per heavy atom. The average molecular weight is 1230 g/mol. The largest absolute Gasteiger partial charge is 0.466 e. The van der Waals surface area contributed by atoms with Crippen LogP contribution in [0.25, 0.3) is 11.2 Å². The van der Waals surface area contributed by atoms with Crippen LogP contribution >= 0.6 is 0 Å². The Bertz CT molecular complexity index is 2780. The molecule has 0 aliphatic carbocycles. The lowest BCUT2D eigenvalue weighted by atomic mass is 9.96. The fraction of sp³-hybridized carbons (Fsp3) is 0.621. The van der Waals surface area contributed by atoms with E-state index >= 15 is 0 Å². The number of benzene rings is 1. The number of nitrogens with two attached hydrogens (primary N) is 4. The van der Waals surface area contributed by atoms with Gasteiger partial charge < -0.3 is 85.4 Å². The summed E-state index contributed by atoms with van der Waals surface area (Å²) in [5, 5.41) is 27.6. The fourth-order valence-electron chi connectivity index (χ4n) is 8.79. The van der Waals surface area contributed by atoms with Crippen LogP contribution < -0.4 is 76.1 Å². The average Bonchev–Trinajstić information content (AvgIpc) is 3.45. The van der Waals surface area contributed by atoms with E-state index in [0.29, 0.717) is 74.7 Å². The summed E-state index contributed by atoms with van der Waals surface area (Å²) in [5.41, 5.74) is 24.5. The van der Waals surface area contributed by atoms with E-state index in [1.807, 2.05) is 62.6 Å². The molecule has 18 N–H and O–H groups in total. The number of hydrogen-bond acceptors (Lipinski definition) is 18. The van der Waals surface area contributed by atoms with E-state index in [2.05, 4.69) is 73.1 Å². The van der Waals surface area contributed by atoms with Crippen molar-refractivity contribution in [3.63, 3.8) is 0 Å². The van der Waals surface area contributed by atoms with Crippen LogP contribution in [0.4, 0.5) is 11.8 Å². The zero-order valence-corrected chi connectivity index (χ0v) is 52.0. The molecule has 7 atom stereocenters. The third-order valence-corrected chi connectivity index (χ3v) is 14.4. The van der Waals surface area contributed by atoms with Crippen LogP contribution in [0, 0.1) is 11.8 Å². The van der Waals surface area contributed by atoms with Gasteiger partial charge in [-0.05, 0) is 82.7 Å². The van der Waals surface area contributed by atoms with Gasteiger partial charge in [0.15, 0.2) is 22.9 Å². The number of nitrogens with one attached hydrogen (secondary N) is 10. The zero-order valence-electron chi connectivity index (χ0n) is 52.0. The van der Waals surface area contributed by atoms with Crippen molar-refractivity contribution in [1.82, 2.24) is 62.1 Å². The fourth-order valence-corrected chi connectivity index (χ4v) is 8.79. The molecule has 3 aromatic rings. The molecular weight excluding hydrogens is 1140 g/mol. The summed E-state index contributed by atoms with van der Waals surface area (Å²) in [6, 6.07) is 3.99.